The van der Waals surface area contributed by atoms with Crippen molar-refractivity contribution in [2.45, 2.75) is 26.9 Å². The van der Waals surface area contributed by atoms with E-state index < -0.39 is 5.82 Å². The first-order valence-corrected chi connectivity index (χ1v) is 10.2. The lowest BCUT2D eigenvalue weighted by Gasteiger charge is -2.21. The summed E-state index contributed by atoms with van der Waals surface area (Å²) in [5, 5.41) is 6.35. The predicted molar refractivity (Wildman–Crippen MR) is 114 cm³/mol. The Labute approximate surface area is 174 Å². The van der Waals surface area contributed by atoms with Crippen LogP contribution in [-0.4, -0.2) is 34.4 Å². The van der Waals surface area contributed by atoms with Gasteiger partial charge in [0.05, 0.1) is 30.0 Å². The minimum atomic E-state index is -0.433. The highest BCUT2D eigenvalue weighted by Gasteiger charge is 2.10. The fourth-order valence-corrected chi connectivity index (χ4v) is 3.30. The Kier molecular flexibility index (Phi) is 7.13. The fourth-order valence-electron chi connectivity index (χ4n) is 2.69. The quantitative estimate of drug-likeness (QED) is 0.460. The molecule has 0 atom stereocenters. The number of nitrogens with zero attached hydrogens (tertiary/aromatic N) is 4. The first kappa shape index (κ1) is 20.7. The van der Waals surface area contributed by atoms with Gasteiger partial charge in [-0.15, -0.1) is 11.3 Å². The molecule has 1 N–H and O–H groups in total. The Balaban J connectivity index is 1.67. The van der Waals surface area contributed by atoms with Crippen LogP contribution in [0.4, 0.5) is 4.39 Å². The number of nitrogens with one attached hydrogen (secondary N) is 1. The lowest BCUT2D eigenvalue weighted by molar-refractivity contribution is 0.440. The molecule has 0 amide bonds. The van der Waals surface area contributed by atoms with Crippen molar-refractivity contribution in [3.05, 3.63) is 70.2 Å². The molecule has 0 fully saturated rings. The van der Waals surface area contributed by atoms with E-state index in [1.165, 1.54) is 6.07 Å². The van der Waals surface area contributed by atoms with Crippen LogP contribution in [0.1, 0.15) is 23.2 Å². The van der Waals surface area contributed by atoms with Crippen LogP contribution in [0.15, 0.2) is 53.1 Å². The zero-order chi connectivity index (χ0) is 20.6. The lowest BCUT2D eigenvalue weighted by atomic mass is 10.2. The zero-order valence-electron chi connectivity index (χ0n) is 16.7. The van der Waals surface area contributed by atoms with Gasteiger partial charge in [0.1, 0.15) is 5.75 Å². The van der Waals surface area contributed by atoms with Crippen molar-refractivity contribution in [1.82, 2.24) is 20.2 Å². The molecule has 2 heterocycles. The van der Waals surface area contributed by atoms with Gasteiger partial charge in [0.2, 0.25) is 0 Å². The van der Waals surface area contributed by atoms with Gasteiger partial charge in [0.25, 0.3) is 0 Å². The van der Waals surface area contributed by atoms with Gasteiger partial charge in [-0.3, -0.25) is 4.98 Å². The van der Waals surface area contributed by atoms with E-state index in [0.29, 0.717) is 18.8 Å². The van der Waals surface area contributed by atoms with E-state index in [9.17, 15) is 4.39 Å². The molecule has 8 heteroatoms. The van der Waals surface area contributed by atoms with Crippen molar-refractivity contribution < 1.29 is 9.13 Å². The average molecular weight is 414 g/mol. The first-order valence-electron chi connectivity index (χ1n) is 9.32. The summed E-state index contributed by atoms with van der Waals surface area (Å²) in [6.07, 6.45) is 3.18. The van der Waals surface area contributed by atoms with Crippen molar-refractivity contribution in [2.75, 3.05) is 13.6 Å². The zero-order valence-corrected chi connectivity index (χ0v) is 17.5. The van der Waals surface area contributed by atoms with E-state index in [4.69, 9.17) is 4.74 Å². The van der Waals surface area contributed by atoms with Crippen molar-refractivity contribution in [3.8, 4) is 11.5 Å². The Morgan fingerprint density at radius 1 is 1.34 bits per heavy atom. The molecule has 0 radical (unpaired) electrons. The Morgan fingerprint density at radius 3 is 2.86 bits per heavy atom. The molecular weight excluding hydrogens is 389 g/mol. The van der Waals surface area contributed by atoms with Crippen LogP contribution in [0, 0.1) is 12.7 Å². The maximum atomic E-state index is 14.4. The summed E-state index contributed by atoms with van der Waals surface area (Å²) in [6, 6.07) is 8.34. The van der Waals surface area contributed by atoms with Crippen molar-refractivity contribution in [3.63, 3.8) is 0 Å². The van der Waals surface area contributed by atoms with E-state index in [-0.39, 0.29) is 5.75 Å². The van der Waals surface area contributed by atoms with E-state index in [1.54, 1.807) is 41.9 Å². The second-order valence-electron chi connectivity index (χ2n) is 6.44. The lowest BCUT2D eigenvalue weighted by Crippen LogP contribution is -2.38. The molecular formula is C21H24FN5OS. The van der Waals surface area contributed by atoms with Gasteiger partial charge in [0, 0.05) is 25.2 Å². The molecule has 2 aromatic heterocycles. The molecule has 0 spiro atoms. The molecule has 0 aliphatic carbocycles. The number of guanidine groups is 1. The second kappa shape index (κ2) is 9.97. The Hall–Kier alpha value is -3.00. The van der Waals surface area contributed by atoms with Crippen LogP contribution in [0.3, 0.4) is 0 Å². The average Bonchev–Trinajstić information content (AvgIpc) is 3.12. The summed E-state index contributed by atoms with van der Waals surface area (Å²) < 4.78 is 20.0. The normalized spacial score (nSPS) is 11.4. The van der Waals surface area contributed by atoms with E-state index in [1.807, 2.05) is 37.2 Å². The Bertz CT molecular complexity index is 961. The monoisotopic (exact) mass is 413 g/mol. The molecule has 3 aromatic rings. The van der Waals surface area contributed by atoms with E-state index in [2.05, 4.69) is 20.3 Å². The topological polar surface area (TPSA) is 62.6 Å². The number of aromatic nitrogens is 2. The molecule has 6 nitrogen and oxygen atoms in total. The number of pyridine rings is 1. The van der Waals surface area contributed by atoms with Gasteiger partial charge in [-0.1, -0.05) is 6.07 Å². The molecule has 0 aliphatic heterocycles. The molecule has 0 bridgehead atoms. The third-order valence-electron chi connectivity index (χ3n) is 4.03. The van der Waals surface area contributed by atoms with Crippen LogP contribution >= 0.6 is 11.3 Å². The molecule has 0 saturated heterocycles. The largest absolute Gasteiger partial charge is 0.453 e. The summed E-state index contributed by atoms with van der Waals surface area (Å²) in [4.78, 5) is 15.1. The summed E-state index contributed by atoms with van der Waals surface area (Å²) >= 11 is 1.63. The van der Waals surface area contributed by atoms with Gasteiger partial charge in [-0.05, 0) is 43.7 Å². The molecule has 1 aromatic carbocycles. The minimum absolute atomic E-state index is 0.161. The Morgan fingerprint density at radius 2 is 2.21 bits per heavy atom. The number of aliphatic imine (C=N–C) groups is 1. The molecule has 3 rings (SSSR count). The highest BCUT2D eigenvalue weighted by Crippen LogP contribution is 2.24. The van der Waals surface area contributed by atoms with Gasteiger partial charge in [0.15, 0.2) is 17.5 Å². The SMILES string of the molecule is CCNC(=NCc1ccc(Oc2cccnc2)c(F)c1)N(C)Cc1csc(C)n1. The van der Waals surface area contributed by atoms with Crippen molar-refractivity contribution in [2.24, 2.45) is 4.99 Å². The van der Waals surface area contributed by atoms with Crippen molar-refractivity contribution >= 4 is 17.3 Å². The number of thiazole rings is 1. The number of hydrogen-bond acceptors (Lipinski definition) is 5. The highest BCUT2D eigenvalue weighted by atomic mass is 32.1. The van der Waals surface area contributed by atoms with Gasteiger partial charge in [-0.25, -0.2) is 14.4 Å². The fraction of sp³-hybridized carbons (Fsp3) is 0.286. The van der Waals surface area contributed by atoms with E-state index in [0.717, 1.165) is 28.8 Å². The third-order valence-corrected chi connectivity index (χ3v) is 4.85. The molecule has 0 aliphatic rings. The summed E-state index contributed by atoms with van der Waals surface area (Å²) in [5.74, 6) is 0.964. The molecule has 29 heavy (non-hydrogen) atoms. The van der Waals surface area contributed by atoms with Gasteiger partial charge in [-0.2, -0.15) is 0 Å². The number of rotatable bonds is 7. The highest BCUT2D eigenvalue weighted by molar-refractivity contribution is 7.09. The first-order chi connectivity index (χ1) is 14.0. The maximum absolute atomic E-state index is 14.4. The van der Waals surface area contributed by atoms with E-state index >= 15 is 0 Å². The van der Waals surface area contributed by atoms with Crippen LogP contribution < -0.4 is 10.1 Å². The third kappa shape index (κ3) is 5.99. The van der Waals surface area contributed by atoms with Crippen LogP contribution in [0.25, 0.3) is 0 Å². The standard InChI is InChI=1S/C21H24FN5OS/c1-4-24-21(27(3)13-17-14-29-15(2)26-17)25-11-16-7-8-20(19(22)10-16)28-18-6-5-9-23-12-18/h5-10,12,14H,4,11,13H2,1-3H3,(H,24,25). The molecule has 0 unspecified atom stereocenters. The second-order valence-corrected chi connectivity index (χ2v) is 7.50. The van der Waals surface area contributed by atoms with Crippen molar-refractivity contribution in [1.29, 1.82) is 0 Å². The number of benzene rings is 1. The van der Waals surface area contributed by atoms with Gasteiger partial charge < -0.3 is 15.0 Å². The maximum Gasteiger partial charge on any atom is 0.194 e. The number of hydrogen-bond donors (Lipinski definition) is 1. The minimum Gasteiger partial charge on any atom is -0.453 e. The van der Waals surface area contributed by atoms with Crippen LogP contribution in [0.5, 0.6) is 11.5 Å². The molecule has 152 valence electrons. The smallest absolute Gasteiger partial charge is 0.194 e. The molecule has 0 saturated carbocycles. The number of aryl methyl sites for hydroxylation is 1. The predicted octanol–water partition coefficient (Wildman–Crippen LogP) is 4.38. The number of ether oxygens (including phenoxy) is 1. The van der Waals surface area contributed by atoms with Gasteiger partial charge >= 0.3 is 0 Å². The number of halogens is 1. The van der Waals surface area contributed by atoms with Crippen LogP contribution in [-0.2, 0) is 13.1 Å². The summed E-state index contributed by atoms with van der Waals surface area (Å²) in [7, 11) is 1.96. The summed E-state index contributed by atoms with van der Waals surface area (Å²) in [5.41, 5.74) is 1.76. The summed E-state index contributed by atoms with van der Waals surface area (Å²) in [6.45, 7) is 5.76. The van der Waals surface area contributed by atoms with Crippen LogP contribution in [0.2, 0.25) is 0 Å².